The van der Waals surface area contributed by atoms with E-state index in [1.165, 1.54) is 5.57 Å². The van der Waals surface area contributed by atoms with Gasteiger partial charge in [-0.05, 0) is 20.3 Å². The lowest BCUT2D eigenvalue weighted by Crippen LogP contribution is -2.32. The van der Waals surface area contributed by atoms with Crippen molar-refractivity contribution >= 4 is 5.78 Å². The molecule has 2 aliphatic rings. The summed E-state index contributed by atoms with van der Waals surface area (Å²) in [5, 5.41) is 0. The first kappa shape index (κ1) is 10.6. The van der Waals surface area contributed by atoms with Crippen LogP contribution in [0.15, 0.2) is 23.8 Å². The number of rotatable bonds is 2. The Morgan fingerprint density at radius 1 is 1.47 bits per heavy atom. The van der Waals surface area contributed by atoms with Crippen molar-refractivity contribution in [2.24, 2.45) is 5.92 Å². The Balaban J connectivity index is 2.09. The van der Waals surface area contributed by atoms with Gasteiger partial charge in [0.2, 0.25) is 0 Å². The molecule has 0 aromatic carbocycles. The van der Waals surface area contributed by atoms with Crippen LogP contribution in [0.2, 0.25) is 0 Å². The molecule has 0 aliphatic heterocycles. The Kier molecular flexibility index (Phi) is 3.06. The summed E-state index contributed by atoms with van der Waals surface area (Å²) < 4.78 is 5.86. The minimum absolute atomic E-state index is 0.179. The van der Waals surface area contributed by atoms with Gasteiger partial charge in [0.05, 0.1) is 12.2 Å². The van der Waals surface area contributed by atoms with Gasteiger partial charge in [0.25, 0.3) is 0 Å². The fourth-order valence-corrected chi connectivity index (χ4v) is 2.38. The number of carbonyl (C=O) groups excluding carboxylic acids is 1. The largest absolute Gasteiger partial charge is 0.371 e. The molecule has 2 unspecified atom stereocenters. The molecule has 0 saturated heterocycles. The maximum Gasteiger partial charge on any atom is 0.136 e. The zero-order valence-electron chi connectivity index (χ0n) is 9.40. The smallest absolute Gasteiger partial charge is 0.136 e. The van der Waals surface area contributed by atoms with Crippen LogP contribution in [0.1, 0.15) is 33.1 Å². The van der Waals surface area contributed by atoms with Gasteiger partial charge in [-0.15, -0.1) is 0 Å². The summed E-state index contributed by atoms with van der Waals surface area (Å²) in [6.07, 6.45) is 8.95. The summed E-state index contributed by atoms with van der Waals surface area (Å²) in [5.41, 5.74) is 1.26. The summed E-state index contributed by atoms with van der Waals surface area (Å²) in [5.74, 6) is 0.811. The molecule has 0 aromatic heterocycles. The van der Waals surface area contributed by atoms with Crippen LogP contribution in [0.5, 0.6) is 0 Å². The first-order valence-corrected chi connectivity index (χ1v) is 5.71. The number of fused-ring (bicyclic) bond motifs is 1. The third-order valence-electron chi connectivity index (χ3n) is 3.05. The quantitative estimate of drug-likeness (QED) is 0.694. The lowest BCUT2D eigenvalue weighted by Gasteiger charge is -2.33. The highest BCUT2D eigenvalue weighted by Gasteiger charge is 2.31. The molecular formula is C13H18O2. The van der Waals surface area contributed by atoms with Gasteiger partial charge in [-0.3, -0.25) is 4.79 Å². The molecule has 0 radical (unpaired) electrons. The van der Waals surface area contributed by atoms with Crippen molar-refractivity contribution in [2.75, 3.05) is 0 Å². The van der Waals surface area contributed by atoms with Crippen molar-refractivity contribution < 1.29 is 9.53 Å². The van der Waals surface area contributed by atoms with Crippen LogP contribution in [0, 0.1) is 5.92 Å². The SMILES string of the molecule is CC(C)OC1C=CC=C2CC(=O)CCC21. The lowest BCUT2D eigenvalue weighted by molar-refractivity contribution is -0.120. The van der Waals surface area contributed by atoms with E-state index in [4.69, 9.17) is 4.74 Å². The van der Waals surface area contributed by atoms with E-state index in [2.05, 4.69) is 26.0 Å². The number of ether oxygens (including phenoxy) is 1. The molecule has 0 bridgehead atoms. The van der Waals surface area contributed by atoms with Gasteiger partial charge in [0.1, 0.15) is 5.78 Å². The van der Waals surface area contributed by atoms with Gasteiger partial charge in [-0.1, -0.05) is 23.8 Å². The fourth-order valence-electron chi connectivity index (χ4n) is 2.38. The number of hydrogen-bond acceptors (Lipinski definition) is 2. The van der Waals surface area contributed by atoms with Crippen LogP contribution >= 0.6 is 0 Å². The second-order valence-electron chi connectivity index (χ2n) is 4.64. The minimum atomic E-state index is 0.179. The Bertz CT molecular complexity index is 312. The average Bonchev–Trinajstić information content (AvgIpc) is 2.16. The second-order valence-corrected chi connectivity index (χ2v) is 4.64. The highest BCUT2D eigenvalue weighted by molar-refractivity contribution is 5.82. The Morgan fingerprint density at radius 2 is 2.27 bits per heavy atom. The molecule has 2 atom stereocenters. The molecule has 2 nitrogen and oxygen atoms in total. The first-order chi connectivity index (χ1) is 7.16. The van der Waals surface area contributed by atoms with Crippen LogP contribution in [0.3, 0.4) is 0 Å². The van der Waals surface area contributed by atoms with E-state index in [1.807, 2.05) is 6.08 Å². The lowest BCUT2D eigenvalue weighted by atomic mass is 9.78. The topological polar surface area (TPSA) is 26.3 Å². The van der Waals surface area contributed by atoms with Gasteiger partial charge in [-0.25, -0.2) is 0 Å². The van der Waals surface area contributed by atoms with E-state index < -0.39 is 0 Å². The van der Waals surface area contributed by atoms with Crippen molar-refractivity contribution in [3.05, 3.63) is 23.8 Å². The number of allylic oxidation sites excluding steroid dienone is 2. The molecule has 1 fully saturated rings. The van der Waals surface area contributed by atoms with Gasteiger partial charge in [0, 0.05) is 18.8 Å². The summed E-state index contributed by atoms with van der Waals surface area (Å²) in [6.45, 7) is 4.11. The van der Waals surface area contributed by atoms with Crippen molar-refractivity contribution in [3.8, 4) is 0 Å². The molecule has 1 saturated carbocycles. The molecule has 2 heteroatoms. The van der Waals surface area contributed by atoms with Crippen molar-refractivity contribution in [1.82, 2.24) is 0 Å². The summed E-state index contributed by atoms with van der Waals surface area (Å²) in [6, 6.07) is 0. The molecule has 2 rings (SSSR count). The van der Waals surface area contributed by atoms with Crippen LogP contribution in [-0.2, 0) is 9.53 Å². The molecule has 0 spiro atoms. The third-order valence-corrected chi connectivity index (χ3v) is 3.05. The highest BCUT2D eigenvalue weighted by atomic mass is 16.5. The van der Waals surface area contributed by atoms with Crippen molar-refractivity contribution in [3.63, 3.8) is 0 Å². The van der Waals surface area contributed by atoms with E-state index in [1.54, 1.807) is 0 Å². The number of hydrogen-bond donors (Lipinski definition) is 0. The van der Waals surface area contributed by atoms with Gasteiger partial charge >= 0.3 is 0 Å². The number of Topliss-reactive ketones (excluding diaryl/α,β-unsaturated/α-hetero) is 1. The minimum Gasteiger partial charge on any atom is -0.371 e. The predicted molar refractivity (Wildman–Crippen MR) is 59.6 cm³/mol. The van der Waals surface area contributed by atoms with Crippen LogP contribution in [0.4, 0.5) is 0 Å². The van der Waals surface area contributed by atoms with E-state index in [0.29, 0.717) is 24.5 Å². The van der Waals surface area contributed by atoms with Gasteiger partial charge in [-0.2, -0.15) is 0 Å². The van der Waals surface area contributed by atoms with E-state index >= 15 is 0 Å². The summed E-state index contributed by atoms with van der Waals surface area (Å²) >= 11 is 0. The molecule has 0 amide bonds. The zero-order chi connectivity index (χ0) is 10.8. The fraction of sp³-hybridized carbons (Fsp3) is 0.615. The molecule has 82 valence electrons. The second kappa shape index (κ2) is 4.31. The van der Waals surface area contributed by atoms with Crippen LogP contribution in [0.25, 0.3) is 0 Å². The number of carbonyl (C=O) groups is 1. The van der Waals surface area contributed by atoms with Gasteiger partial charge in [0.15, 0.2) is 0 Å². The molecule has 0 aromatic rings. The highest BCUT2D eigenvalue weighted by Crippen LogP contribution is 2.34. The van der Waals surface area contributed by atoms with E-state index in [0.717, 1.165) is 6.42 Å². The number of ketones is 1. The maximum atomic E-state index is 11.3. The monoisotopic (exact) mass is 206 g/mol. The summed E-state index contributed by atoms with van der Waals surface area (Å²) in [4.78, 5) is 11.3. The average molecular weight is 206 g/mol. The standard InChI is InChI=1S/C13H18O2/c1-9(2)15-13-5-3-4-10-8-11(14)6-7-12(10)13/h3-5,9,12-13H,6-8H2,1-2H3. The Hall–Kier alpha value is -0.890. The van der Waals surface area contributed by atoms with Crippen LogP contribution in [-0.4, -0.2) is 18.0 Å². The molecule has 0 N–H and O–H groups in total. The zero-order valence-corrected chi connectivity index (χ0v) is 9.40. The third kappa shape index (κ3) is 2.37. The first-order valence-electron chi connectivity index (χ1n) is 5.71. The van der Waals surface area contributed by atoms with E-state index in [9.17, 15) is 4.79 Å². The van der Waals surface area contributed by atoms with Crippen molar-refractivity contribution in [2.45, 2.75) is 45.3 Å². The molecule has 0 heterocycles. The Labute approximate surface area is 91.0 Å². The van der Waals surface area contributed by atoms with Gasteiger partial charge < -0.3 is 4.74 Å². The normalized spacial score (nSPS) is 30.3. The predicted octanol–water partition coefficient (Wildman–Crippen LogP) is 2.65. The molecule has 15 heavy (non-hydrogen) atoms. The Morgan fingerprint density at radius 3 is 3.00 bits per heavy atom. The maximum absolute atomic E-state index is 11.3. The summed E-state index contributed by atoms with van der Waals surface area (Å²) in [7, 11) is 0. The van der Waals surface area contributed by atoms with Crippen molar-refractivity contribution in [1.29, 1.82) is 0 Å². The van der Waals surface area contributed by atoms with Crippen LogP contribution < -0.4 is 0 Å². The van der Waals surface area contributed by atoms with E-state index in [-0.39, 0.29) is 12.2 Å². The molecule has 2 aliphatic carbocycles. The molecular weight excluding hydrogens is 188 g/mol.